The standard InChI is InChI=1S/C23H19F2NO7S/c1-34(29,30)20-4-2-15(3-5-20)21-11-23-22(31-12-19(33-23)13-32-26(27)28)9-16(21)6-14-7-17(24)10-18(25)8-14/h2-5,7-11,19H,6,12-13H2,1H3. The number of fused-ring (bicyclic) bond motifs is 1. The molecule has 0 fully saturated rings. The zero-order valence-corrected chi connectivity index (χ0v) is 18.7. The van der Waals surface area contributed by atoms with Crippen molar-refractivity contribution in [3.63, 3.8) is 0 Å². The Bertz CT molecular complexity index is 1320. The minimum atomic E-state index is -3.40. The van der Waals surface area contributed by atoms with E-state index in [0.29, 0.717) is 33.8 Å². The van der Waals surface area contributed by atoms with Crippen LogP contribution in [0.2, 0.25) is 0 Å². The largest absolute Gasteiger partial charge is 0.486 e. The highest BCUT2D eigenvalue weighted by Gasteiger charge is 2.25. The lowest BCUT2D eigenvalue weighted by molar-refractivity contribution is -0.759. The molecular weight excluding hydrogens is 472 g/mol. The first-order valence-corrected chi connectivity index (χ1v) is 12.0. The van der Waals surface area contributed by atoms with Gasteiger partial charge in [0.15, 0.2) is 27.4 Å². The van der Waals surface area contributed by atoms with Crippen molar-refractivity contribution in [1.29, 1.82) is 0 Å². The van der Waals surface area contributed by atoms with E-state index in [4.69, 9.17) is 9.47 Å². The predicted octanol–water partition coefficient (Wildman–Crippen LogP) is 3.97. The van der Waals surface area contributed by atoms with Gasteiger partial charge >= 0.3 is 0 Å². The average molecular weight is 491 g/mol. The minimum Gasteiger partial charge on any atom is -0.486 e. The molecule has 3 aromatic rings. The molecule has 8 nitrogen and oxygen atoms in total. The number of nitrogens with zero attached hydrogens (tertiary/aromatic N) is 1. The summed E-state index contributed by atoms with van der Waals surface area (Å²) in [6, 6.07) is 12.7. The summed E-state index contributed by atoms with van der Waals surface area (Å²) in [5.41, 5.74) is 2.29. The fourth-order valence-electron chi connectivity index (χ4n) is 3.66. The summed E-state index contributed by atoms with van der Waals surface area (Å²) < 4.78 is 62.6. The smallest absolute Gasteiger partial charge is 0.294 e. The van der Waals surface area contributed by atoms with Gasteiger partial charge in [0.1, 0.15) is 24.8 Å². The van der Waals surface area contributed by atoms with E-state index in [1.807, 2.05) is 0 Å². The van der Waals surface area contributed by atoms with Crippen molar-refractivity contribution < 1.29 is 36.6 Å². The summed E-state index contributed by atoms with van der Waals surface area (Å²) in [5.74, 6) is -0.749. The SMILES string of the molecule is CS(=O)(=O)c1ccc(-c2cc3c(cc2Cc2cc(F)cc(F)c2)OCC(CO[N+](=O)[O-])O3)cc1. The third-order valence-electron chi connectivity index (χ3n) is 5.16. The van der Waals surface area contributed by atoms with Crippen molar-refractivity contribution in [2.75, 3.05) is 19.5 Å². The summed E-state index contributed by atoms with van der Waals surface area (Å²) >= 11 is 0. The molecule has 1 atom stereocenters. The Hall–Kier alpha value is -3.73. The second-order valence-corrected chi connectivity index (χ2v) is 9.79. The minimum absolute atomic E-state index is 0.0112. The maximum absolute atomic E-state index is 13.8. The van der Waals surface area contributed by atoms with Gasteiger partial charge < -0.3 is 14.3 Å². The lowest BCUT2D eigenvalue weighted by atomic mass is 9.94. The van der Waals surface area contributed by atoms with Crippen molar-refractivity contribution >= 4 is 9.84 Å². The Morgan fingerprint density at radius 1 is 1.06 bits per heavy atom. The highest BCUT2D eigenvalue weighted by molar-refractivity contribution is 7.90. The van der Waals surface area contributed by atoms with E-state index in [1.165, 1.54) is 24.3 Å². The molecule has 4 rings (SSSR count). The van der Waals surface area contributed by atoms with Gasteiger partial charge in [0, 0.05) is 12.3 Å². The molecule has 1 aliphatic heterocycles. The normalized spacial score (nSPS) is 15.1. The first-order chi connectivity index (χ1) is 16.1. The maximum Gasteiger partial charge on any atom is 0.294 e. The molecule has 1 heterocycles. The number of sulfone groups is 1. The van der Waals surface area contributed by atoms with Gasteiger partial charge in [-0.1, -0.05) is 12.1 Å². The molecule has 1 aliphatic rings. The van der Waals surface area contributed by atoms with Gasteiger partial charge in [0.25, 0.3) is 5.09 Å². The van der Waals surface area contributed by atoms with Crippen LogP contribution in [-0.2, 0) is 21.1 Å². The Labute approximate surface area is 193 Å². The molecular formula is C23H19F2NO7S. The summed E-state index contributed by atoms with van der Waals surface area (Å²) in [4.78, 5) is 15.0. The van der Waals surface area contributed by atoms with Crippen LogP contribution in [0, 0.1) is 21.7 Å². The van der Waals surface area contributed by atoms with Gasteiger partial charge in [-0.3, -0.25) is 0 Å². The third-order valence-corrected chi connectivity index (χ3v) is 6.29. The van der Waals surface area contributed by atoms with Crippen molar-refractivity contribution in [1.82, 2.24) is 0 Å². The fourth-order valence-corrected chi connectivity index (χ4v) is 4.29. The fraction of sp³-hybridized carbons (Fsp3) is 0.217. The molecule has 0 bridgehead atoms. The number of ether oxygens (including phenoxy) is 2. The van der Waals surface area contributed by atoms with E-state index in [0.717, 1.165) is 12.3 Å². The Morgan fingerprint density at radius 2 is 1.74 bits per heavy atom. The van der Waals surface area contributed by atoms with Crippen molar-refractivity contribution in [2.24, 2.45) is 0 Å². The monoisotopic (exact) mass is 491 g/mol. The molecule has 0 aliphatic carbocycles. The second-order valence-electron chi connectivity index (χ2n) is 7.78. The molecule has 0 N–H and O–H groups in total. The second kappa shape index (κ2) is 9.26. The Balaban J connectivity index is 1.74. The molecule has 11 heteroatoms. The molecule has 0 spiro atoms. The zero-order valence-electron chi connectivity index (χ0n) is 17.9. The van der Waals surface area contributed by atoms with Gasteiger partial charge in [0.05, 0.1) is 4.90 Å². The van der Waals surface area contributed by atoms with E-state index in [9.17, 15) is 27.3 Å². The van der Waals surface area contributed by atoms with Crippen LogP contribution in [0.15, 0.2) is 59.5 Å². The highest BCUT2D eigenvalue weighted by Crippen LogP contribution is 2.40. The summed E-state index contributed by atoms with van der Waals surface area (Å²) in [7, 11) is -3.40. The molecule has 34 heavy (non-hydrogen) atoms. The molecule has 0 saturated heterocycles. The van der Waals surface area contributed by atoms with E-state index >= 15 is 0 Å². The third kappa shape index (κ3) is 5.42. The van der Waals surface area contributed by atoms with Gasteiger partial charge in [-0.25, -0.2) is 17.2 Å². The van der Waals surface area contributed by atoms with Gasteiger partial charge in [-0.2, -0.15) is 0 Å². The highest BCUT2D eigenvalue weighted by atomic mass is 32.2. The predicted molar refractivity (Wildman–Crippen MR) is 117 cm³/mol. The number of rotatable bonds is 7. The summed E-state index contributed by atoms with van der Waals surface area (Å²) in [6.45, 7) is -0.313. The van der Waals surface area contributed by atoms with Crippen LogP contribution >= 0.6 is 0 Å². The quantitative estimate of drug-likeness (QED) is 0.364. The molecule has 0 radical (unpaired) electrons. The van der Waals surface area contributed by atoms with Crippen molar-refractivity contribution in [2.45, 2.75) is 17.4 Å². The summed E-state index contributed by atoms with van der Waals surface area (Å²) in [6.07, 6.45) is 0.535. The topological polar surface area (TPSA) is 105 Å². The van der Waals surface area contributed by atoms with Gasteiger partial charge in [-0.15, -0.1) is 10.1 Å². The Kier molecular flexibility index (Phi) is 6.38. The number of hydrogen-bond donors (Lipinski definition) is 0. The summed E-state index contributed by atoms with van der Waals surface area (Å²) in [5, 5.41) is 9.56. The number of halogens is 2. The first kappa shape index (κ1) is 23.4. The van der Waals surface area contributed by atoms with Crippen LogP contribution in [0.1, 0.15) is 11.1 Å². The van der Waals surface area contributed by atoms with Crippen LogP contribution in [0.4, 0.5) is 8.78 Å². The van der Waals surface area contributed by atoms with Crippen LogP contribution in [0.5, 0.6) is 11.5 Å². The van der Waals surface area contributed by atoms with Crippen molar-refractivity contribution in [3.8, 4) is 22.6 Å². The molecule has 0 aromatic heterocycles. The van der Waals surface area contributed by atoms with Gasteiger partial charge in [-0.05, 0) is 65.1 Å². The van der Waals surface area contributed by atoms with E-state index < -0.39 is 32.7 Å². The van der Waals surface area contributed by atoms with Crippen LogP contribution in [0.25, 0.3) is 11.1 Å². The lowest BCUT2D eigenvalue weighted by Crippen LogP contribution is -2.34. The van der Waals surface area contributed by atoms with Crippen LogP contribution in [0.3, 0.4) is 0 Å². The van der Waals surface area contributed by atoms with Gasteiger partial charge in [0.2, 0.25) is 0 Å². The first-order valence-electron chi connectivity index (χ1n) is 10.1. The van der Waals surface area contributed by atoms with E-state index in [1.54, 1.807) is 24.3 Å². The molecule has 1 unspecified atom stereocenters. The number of hydrogen-bond acceptors (Lipinski definition) is 7. The molecule has 0 saturated carbocycles. The maximum atomic E-state index is 13.8. The van der Waals surface area contributed by atoms with E-state index in [2.05, 4.69) is 4.84 Å². The Morgan fingerprint density at radius 3 is 2.35 bits per heavy atom. The lowest BCUT2D eigenvalue weighted by Gasteiger charge is -2.27. The van der Waals surface area contributed by atoms with Crippen LogP contribution < -0.4 is 9.47 Å². The zero-order chi connectivity index (χ0) is 24.5. The van der Waals surface area contributed by atoms with E-state index in [-0.39, 0.29) is 24.5 Å². The molecule has 178 valence electrons. The molecule has 3 aromatic carbocycles. The van der Waals surface area contributed by atoms with Crippen LogP contribution in [-0.4, -0.2) is 39.1 Å². The van der Waals surface area contributed by atoms with Crippen molar-refractivity contribution in [3.05, 3.63) is 87.5 Å². The number of benzene rings is 3. The molecule has 0 amide bonds. The average Bonchev–Trinajstić information content (AvgIpc) is 2.76.